The molecule has 0 radical (unpaired) electrons. The Morgan fingerprint density at radius 3 is 2.55 bits per heavy atom. The lowest BCUT2D eigenvalue weighted by atomic mass is 9.93. The lowest BCUT2D eigenvalue weighted by molar-refractivity contribution is 0.0748. The number of amides is 1. The summed E-state index contributed by atoms with van der Waals surface area (Å²) in [6, 6.07) is 21.5. The highest BCUT2D eigenvalue weighted by molar-refractivity contribution is 6.36. The fraction of sp³-hybridized carbons (Fsp3) is 0.192. The molecule has 1 aromatic heterocycles. The number of rotatable bonds is 5. The normalized spacial score (nSPS) is 15.6. The molecule has 1 N–H and O–H groups in total. The van der Waals surface area contributed by atoms with Crippen molar-refractivity contribution < 1.29 is 4.79 Å². The van der Waals surface area contributed by atoms with E-state index in [0.29, 0.717) is 16.6 Å². The van der Waals surface area contributed by atoms with E-state index in [-0.39, 0.29) is 11.9 Å². The number of H-pyrrole nitrogens is 1. The third-order valence-electron chi connectivity index (χ3n) is 6.03. The van der Waals surface area contributed by atoms with Crippen molar-refractivity contribution in [2.24, 2.45) is 0 Å². The lowest BCUT2D eigenvalue weighted by Crippen LogP contribution is -2.30. The number of fused-ring (bicyclic) bond motifs is 2. The molecule has 1 aliphatic rings. The molecule has 0 bridgehead atoms. The fourth-order valence-corrected chi connectivity index (χ4v) is 5.10. The first-order valence-corrected chi connectivity index (χ1v) is 11.3. The molecule has 156 valence electrons. The number of carbonyl (C=O) groups is 1. The van der Waals surface area contributed by atoms with Gasteiger partial charge >= 0.3 is 0 Å². The van der Waals surface area contributed by atoms with Crippen LogP contribution < -0.4 is 0 Å². The Labute approximate surface area is 191 Å². The van der Waals surface area contributed by atoms with Gasteiger partial charge in [-0.2, -0.15) is 0 Å². The number of para-hydroxylation sites is 1. The van der Waals surface area contributed by atoms with Crippen molar-refractivity contribution in [2.75, 3.05) is 6.54 Å². The summed E-state index contributed by atoms with van der Waals surface area (Å²) in [5.41, 5.74) is 5.73. The van der Waals surface area contributed by atoms with Gasteiger partial charge in [0.1, 0.15) is 0 Å². The summed E-state index contributed by atoms with van der Waals surface area (Å²) in [5.74, 6) is 0.0903. The smallest absolute Gasteiger partial charge is 0.255 e. The second-order valence-electron chi connectivity index (χ2n) is 7.93. The average molecular weight is 449 g/mol. The van der Waals surface area contributed by atoms with Gasteiger partial charge in [-0.3, -0.25) is 4.79 Å². The summed E-state index contributed by atoms with van der Waals surface area (Å²) in [6.07, 6.45) is 1.98. The molecular formula is C26H22Cl2N2O. The summed E-state index contributed by atoms with van der Waals surface area (Å²) in [4.78, 5) is 19.0. The van der Waals surface area contributed by atoms with Crippen LogP contribution in [0.25, 0.3) is 22.2 Å². The minimum atomic E-state index is -0.173. The third-order valence-corrected chi connectivity index (χ3v) is 6.58. The summed E-state index contributed by atoms with van der Waals surface area (Å²) < 4.78 is 0. The van der Waals surface area contributed by atoms with E-state index >= 15 is 0 Å². The number of nitrogens with one attached hydrogen (secondary N) is 1. The van der Waals surface area contributed by atoms with Gasteiger partial charge in [0.15, 0.2) is 0 Å². The minimum absolute atomic E-state index is 0.0903. The number of aromatic amines is 1. The molecule has 0 fully saturated rings. The topological polar surface area (TPSA) is 36.1 Å². The number of unbranched alkanes of at least 4 members (excludes halogenated alkanes) is 1. The summed E-state index contributed by atoms with van der Waals surface area (Å²) >= 11 is 12.8. The van der Waals surface area contributed by atoms with E-state index in [9.17, 15) is 4.79 Å². The molecule has 2 heterocycles. The maximum absolute atomic E-state index is 13.4. The quantitative estimate of drug-likeness (QED) is 0.337. The van der Waals surface area contributed by atoms with Crippen molar-refractivity contribution in [3.63, 3.8) is 0 Å². The molecule has 0 saturated heterocycles. The van der Waals surface area contributed by atoms with E-state index in [1.54, 1.807) is 6.07 Å². The fourth-order valence-electron chi connectivity index (χ4n) is 4.59. The number of benzene rings is 3. The summed E-state index contributed by atoms with van der Waals surface area (Å²) in [7, 11) is 0. The molecule has 5 rings (SSSR count). The highest BCUT2D eigenvalue weighted by atomic mass is 35.5. The number of aromatic nitrogens is 1. The highest BCUT2D eigenvalue weighted by Gasteiger charge is 2.39. The first-order valence-electron chi connectivity index (χ1n) is 10.6. The third kappa shape index (κ3) is 3.33. The van der Waals surface area contributed by atoms with Crippen LogP contribution in [0.1, 0.15) is 47.3 Å². The molecule has 4 aromatic rings. The van der Waals surface area contributed by atoms with E-state index in [1.807, 2.05) is 47.4 Å². The van der Waals surface area contributed by atoms with Crippen molar-refractivity contribution in [1.82, 2.24) is 9.88 Å². The monoisotopic (exact) mass is 448 g/mol. The van der Waals surface area contributed by atoms with Crippen LogP contribution in [0.3, 0.4) is 0 Å². The largest absolute Gasteiger partial charge is 0.354 e. The molecule has 1 atom stereocenters. The van der Waals surface area contributed by atoms with E-state index in [2.05, 4.69) is 30.1 Å². The molecule has 0 spiro atoms. The summed E-state index contributed by atoms with van der Waals surface area (Å²) in [6.45, 7) is 2.86. The van der Waals surface area contributed by atoms with Crippen LogP contribution in [-0.4, -0.2) is 22.3 Å². The van der Waals surface area contributed by atoms with Crippen LogP contribution in [0.4, 0.5) is 0 Å². The maximum Gasteiger partial charge on any atom is 0.255 e. The molecular weight excluding hydrogens is 427 g/mol. The van der Waals surface area contributed by atoms with Crippen molar-refractivity contribution in [3.8, 4) is 11.3 Å². The Bertz CT molecular complexity index is 1290. The zero-order chi connectivity index (χ0) is 21.5. The van der Waals surface area contributed by atoms with Gasteiger partial charge in [-0.25, -0.2) is 0 Å². The molecule has 3 nitrogen and oxygen atoms in total. The Morgan fingerprint density at radius 2 is 1.74 bits per heavy atom. The van der Waals surface area contributed by atoms with Crippen LogP contribution >= 0.6 is 23.2 Å². The van der Waals surface area contributed by atoms with Crippen molar-refractivity contribution >= 4 is 40.0 Å². The van der Waals surface area contributed by atoms with Gasteiger partial charge in [-0.15, -0.1) is 0 Å². The predicted octanol–water partition coefficient (Wildman–Crippen LogP) is 7.49. The molecule has 3 aromatic carbocycles. The van der Waals surface area contributed by atoms with Gasteiger partial charge < -0.3 is 9.88 Å². The SMILES string of the molecule is CCCCN1C(=O)c2ccccc2C1c1c(-c2ccc(Cl)cc2Cl)[nH]c2ccccc12. The summed E-state index contributed by atoms with van der Waals surface area (Å²) in [5, 5.41) is 2.27. The Hall–Kier alpha value is -2.75. The van der Waals surface area contributed by atoms with Crippen molar-refractivity contribution in [3.05, 3.63) is 93.5 Å². The van der Waals surface area contributed by atoms with Gasteiger partial charge in [0.05, 0.1) is 16.8 Å². The zero-order valence-corrected chi connectivity index (χ0v) is 18.7. The maximum atomic E-state index is 13.4. The number of nitrogens with zero attached hydrogens (tertiary/aromatic N) is 1. The van der Waals surface area contributed by atoms with Gasteiger partial charge in [-0.05, 0) is 42.3 Å². The molecule has 0 aliphatic carbocycles. The number of carbonyl (C=O) groups excluding carboxylic acids is 1. The average Bonchev–Trinajstić information content (AvgIpc) is 3.27. The molecule has 1 amide bonds. The van der Waals surface area contributed by atoms with Crippen molar-refractivity contribution in [1.29, 1.82) is 0 Å². The van der Waals surface area contributed by atoms with Crippen LogP contribution in [-0.2, 0) is 0 Å². The molecule has 5 heteroatoms. The van der Waals surface area contributed by atoms with Crippen LogP contribution in [0, 0.1) is 0 Å². The second kappa shape index (κ2) is 8.07. The molecule has 1 unspecified atom stereocenters. The first-order chi connectivity index (χ1) is 15.1. The molecule has 0 saturated carbocycles. The van der Waals surface area contributed by atoms with Crippen LogP contribution in [0.2, 0.25) is 10.0 Å². The lowest BCUT2D eigenvalue weighted by Gasteiger charge is -2.26. The van der Waals surface area contributed by atoms with Gasteiger partial charge in [0.25, 0.3) is 5.91 Å². The molecule has 31 heavy (non-hydrogen) atoms. The highest BCUT2D eigenvalue weighted by Crippen LogP contribution is 2.46. The number of halogens is 2. The van der Waals surface area contributed by atoms with Crippen LogP contribution in [0.15, 0.2) is 66.7 Å². The molecule has 1 aliphatic heterocycles. The van der Waals surface area contributed by atoms with E-state index < -0.39 is 0 Å². The van der Waals surface area contributed by atoms with E-state index in [1.165, 1.54) is 0 Å². The number of hydrogen-bond acceptors (Lipinski definition) is 1. The van der Waals surface area contributed by atoms with E-state index in [4.69, 9.17) is 23.2 Å². The minimum Gasteiger partial charge on any atom is -0.354 e. The van der Waals surface area contributed by atoms with Crippen molar-refractivity contribution in [2.45, 2.75) is 25.8 Å². The second-order valence-corrected chi connectivity index (χ2v) is 8.77. The number of hydrogen-bond donors (Lipinski definition) is 1. The standard InChI is InChI=1S/C26H22Cl2N2O/c1-2-3-14-30-25(17-8-4-5-9-18(17)26(30)31)23-20-10-6-7-11-22(20)29-24(23)19-13-12-16(27)15-21(19)28/h4-13,15,25,29H,2-3,14H2,1H3. The first kappa shape index (κ1) is 20.2. The predicted molar refractivity (Wildman–Crippen MR) is 128 cm³/mol. The Morgan fingerprint density at radius 1 is 0.968 bits per heavy atom. The van der Waals surface area contributed by atoms with Gasteiger partial charge in [0, 0.05) is 39.2 Å². The Balaban J connectivity index is 1.80. The Kier molecular flexibility index (Phi) is 5.25. The van der Waals surface area contributed by atoms with Gasteiger partial charge in [-0.1, -0.05) is 72.9 Å². The van der Waals surface area contributed by atoms with Crippen LogP contribution in [0.5, 0.6) is 0 Å². The van der Waals surface area contributed by atoms with E-state index in [0.717, 1.165) is 51.7 Å². The van der Waals surface area contributed by atoms with Gasteiger partial charge in [0.2, 0.25) is 0 Å². The zero-order valence-electron chi connectivity index (χ0n) is 17.2.